The number of alkyl halides is 3. The molecular weight excluding hydrogens is 1630 g/mol. The number of esters is 6. The average Bonchev–Trinajstić information content (AvgIpc) is 0.670. The first-order chi connectivity index (χ1) is 57.0. The third kappa shape index (κ3) is 18.7. The highest BCUT2D eigenvalue weighted by atomic mass is 35.5. The maximum absolute atomic E-state index is 16.2. The molecule has 119 heavy (non-hydrogen) atoms. The van der Waals surface area contributed by atoms with E-state index in [4.69, 9.17) is 93.8 Å². The first-order valence-corrected chi connectivity index (χ1v) is 38.3. The molecule has 2 unspecified atom stereocenters. The summed E-state index contributed by atoms with van der Waals surface area (Å²) in [7, 11) is 0. The first kappa shape index (κ1) is 83.9. The van der Waals surface area contributed by atoms with Gasteiger partial charge in [0.05, 0.1) is 55.1 Å². The van der Waals surface area contributed by atoms with Gasteiger partial charge < -0.3 is 47.4 Å². The van der Waals surface area contributed by atoms with Crippen LogP contribution in [0.2, 0.25) is 0 Å². The van der Waals surface area contributed by atoms with Crippen molar-refractivity contribution in [2.45, 2.75) is 76.9 Å². The van der Waals surface area contributed by atoms with E-state index in [0.29, 0.717) is 33.4 Å². The zero-order chi connectivity index (χ0) is 84.7. The molecule has 11 aromatic carbocycles. The Hall–Kier alpha value is -13.1. The summed E-state index contributed by atoms with van der Waals surface area (Å²) in [6, 6.07) is 42.5. The molecule has 0 aliphatic carbocycles. The highest BCUT2D eigenvalue weighted by molar-refractivity contribution is 6.46. The minimum atomic E-state index is -5.26. The summed E-state index contributed by atoms with van der Waals surface area (Å²) in [6.45, 7) is 13.8. The van der Waals surface area contributed by atoms with Crippen molar-refractivity contribution in [3.05, 3.63) is 284 Å². The third-order valence-corrected chi connectivity index (χ3v) is 20.0. The van der Waals surface area contributed by atoms with Gasteiger partial charge in [0.2, 0.25) is 0 Å². The van der Waals surface area contributed by atoms with Crippen LogP contribution in [-0.2, 0) is 96.1 Å². The van der Waals surface area contributed by atoms with Gasteiger partial charge in [-0.3, -0.25) is 29.0 Å². The largest absolute Gasteiger partial charge is 0.461 e. The molecule has 29 heteroatoms. The van der Waals surface area contributed by atoms with Crippen molar-refractivity contribution in [3.8, 4) is 46.0 Å². The molecule has 606 valence electrons. The molecule has 0 N–H and O–H groups in total. The highest BCUT2D eigenvalue weighted by Crippen LogP contribution is 2.58. The predicted octanol–water partition coefficient (Wildman–Crippen LogP) is 19.0. The molecule has 0 fully saturated rings. The van der Waals surface area contributed by atoms with Crippen molar-refractivity contribution < 1.29 is 108 Å². The van der Waals surface area contributed by atoms with Crippen LogP contribution in [0.5, 0.6) is 46.0 Å². The summed E-state index contributed by atoms with van der Waals surface area (Å²) in [6.07, 6.45) is -6.95. The number of carbonyl (C=O) groups excluding carboxylic acids is 10. The number of amides is 4. The summed E-state index contributed by atoms with van der Waals surface area (Å²) in [5, 5.41) is -2.24. The SMILES string of the molecule is C=C(Cl)C(=O)OCCc1ccc(Oc2cc3c4c(cc(Oc5ccc(CCOC(=O)C(=C)Cl)cc5)c5c6c(Oc7ccc(CCOC(=O)C(=C)Cl)cc7)cc7c8c(cc(Oc9ccc(CCOC(=O)C(=C)Cl)cc9)c(c2c45)c86)C(=O)N(C(CC(F)(F)F)C(=O)OCc2ccccc2)C7=O)C(=O)N(C(CC)C(=O)OCc2ccccc2)C3=O)cc1. The second kappa shape index (κ2) is 36.2. The molecule has 4 amide bonds. The van der Waals surface area contributed by atoms with Crippen LogP contribution in [0, 0.1) is 0 Å². The molecule has 0 bridgehead atoms. The molecule has 2 heterocycles. The number of hydrogen-bond donors (Lipinski definition) is 0. The number of benzene rings is 11. The number of nitrogens with zero attached hydrogens (tertiary/aromatic N) is 2. The van der Waals surface area contributed by atoms with Crippen LogP contribution in [-0.4, -0.2) is 114 Å². The van der Waals surface area contributed by atoms with Crippen LogP contribution < -0.4 is 18.9 Å². The van der Waals surface area contributed by atoms with E-state index in [1.54, 1.807) is 140 Å². The van der Waals surface area contributed by atoms with Gasteiger partial charge in [-0.25, -0.2) is 28.8 Å². The van der Waals surface area contributed by atoms with Crippen molar-refractivity contribution in [2.75, 3.05) is 26.4 Å². The summed E-state index contributed by atoms with van der Waals surface area (Å²) in [5.74, 6) is -11.9. The lowest BCUT2D eigenvalue weighted by atomic mass is 9.80. The predicted molar refractivity (Wildman–Crippen MR) is 434 cm³/mol. The monoisotopic (exact) mass is 1690 g/mol. The maximum Gasteiger partial charge on any atom is 0.391 e. The van der Waals surface area contributed by atoms with Crippen LogP contribution in [0.1, 0.15) is 94.6 Å². The first-order valence-electron chi connectivity index (χ1n) is 36.8. The molecule has 2 aliphatic heterocycles. The van der Waals surface area contributed by atoms with Gasteiger partial charge in [-0.15, -0.1) is 0 Å². The quantitative estimate of drug-likeness (QED) is 0.00905. The lowest BCUT2D eigenvalue weighted by molar-refractivity contribution is -0.167. The summed E-state index contributed by atoms with van der Waals surface area (Å²) >= 11 is 23.2. The van der Waals surface area contributed by atoms with Gasteiger partial charge in [0.1, 0.15) is 91.4 Å². The fourth-order valence-corrected chi connectivity index (χ4v) is 14.0. The van der Waals surface area contributed by atoms with Gasteiger partial charge in [0.15, 0.2) is 0 Å². The zero-order valence-electron chi connectivity index (χ0n) is 63.0. The van der Waals surface area contributed by atoms with E-state index in [1.807, 2.05) is 0 Å². The number of imide groups is 2. The molecule has 0 saturated carbocycles. The second-order valence-electron chi connectivity index (χ2n) is 27.2. The van der Waals surface area contributed by atoms with E-state index in [0.717, 1.165) is 4.90 Å². The van der Waals surface area contributed by atoms with Crippen molar-refractivity contribution in [2.24, 2.45) is 0 Å². The van der Waals surface area contributed by atoms with Crippen LogP contribution >= 0.6 is 46.4 Å². The van der Waals surface area contributed by atoms with Crippen molar-refractivity contribution >= 4 is 149 Å². The number of rotatable bonds is 34. The van der Waals surface area contributed by atoms with Crippen LogP contribution in [0.25, 0.3) is 43.1 Å². The Morgan fingerprint density at radius 2 is 0.597 bits per heavy atom. The van der Waals surface area contributed by atoms with E-state index in [9.17, 15) is 28.8 Å². The number of carbonyl (C=O) groups is 10. The number of fused-ring (bicyclic) bond motifs is 2. The topological polar surface area (TPSA) is 269 Å². The lowest BCUT2D eigenvalue weighted by Gasteiger charge is -2.35. The molecule has 13 rings (SSSR count). The minimum Gasteiger partial charge on any atom is -0.461 e. The molecule has 0 aromatic heterocycles. The van der Waals surface area contributed by atoms with Gasteiger partial charge in [0, 0.05) is 68.8 Å². The van der Waals surface area contributed by atoms with Gasteiger partial charge in [-0.1, -0.05) is 189 Å². The van der Waals surface area contributed by atoms with E-state index in [2.05, 4.69) is 26.3 Å². The Morgan fingerprint density at radius 3 is 0.840 bits per heavy atom. The molecule has 2 atom stereocenters. The smallest absolute Gasteiger partial charge is 0.391 e. The maximum atomic E-state index is 16.2. The molecule has 0 radical (unpaired) electrons. The van der Waals surface area contributed by atoms with Crippen LogP contribution in [0.4, 0.5) is 13.2 Å². The standard InChI is InChI=1S/C90H67Cl4F3N2O20/c1-6-66(88(108)114-46-56-13-9-7-10-14-56)98-80(100)62-41-68(116-58-25-17-52(18-26-58)33-37-110-84(104)48(2)91)74-76-70(118-60-29-21-54(22-30-60)35-39-112-86(106)50(4)93)43-64-73-65(83(103)99(82(64)102)67(45-90(95,96)97)89(109)115-47-57-15-11-8-12-16-57)44-71(119-61-31-23-55(24-32-61)36-40-113-87(107)51(5)94)77(79(73)76)75-69(42-63(81(98)101)72(62)78(74)75)117-59-27-19-53(20-28-59)34-38-111-85(105)49(3)92/h7-32,41-44,66-67H,2-6,33-40,45-47H2,1H3. The third-order valence-electron chi connectivity index (χ3n) is 19.4. The van der Waals surface area contributed by atoms with Gasteiger partial charge in [-0.2, -0.15) is 13.2 Å². The van der Waals surface area contributed by atoms with Crippen molar-refractivity contribution in [1.82, 2.24) is 9.80 Å². The van der Waals surface area contributed by atoms with Crippen LogP contribution in [0.15, 0.2) is 228 Å². The Balaban J connectivity index is 1.13. The lowest BCUT2D eigenvalue weighted by Crippen LogP contribution is -2.52. The van der Waals surface area contributed by atoms with Crippen LogP contribution in [0.3, 0.4) is 0 Å². The number of hydrogen-bond acceptors (Lipinski definition) is 20. The minimum absolute atomic E-state index is 0.00319. The number of halogens is 7. The van der Waals surface area contributed by atoms with Crippen molar-refractivity contribution in [3.63, 3.8) is 0 Å². The molecule has 0 spiro atoms. The Kier molecular flexibility index (Phi) is 25.5. The number of ether oxygens (including phenoxy) is 10. The normalized spacial score (nSPS) is 12.9. The molecule has 11 aromatic rings. The van der Waals surface area contributed by atoms with E-state index < -0.39 is 102 Å². The Labute approximate surface area is 696 Å². The summed E-state index contributed by atoms with van der Waals surface area (Å²) in [4.78, 5) is 145. The molecular formula is C90H67Cl4F3N2O20. The highest BCUT2D eigenvalue weighted by Gasteiger charge is 2.49. The van der Waals surface area contributed by atoms with E-state index in [-0.39, 0.29) is 190 Å². The summed E-state index contributed by atoms with van der Waals surface area (Å²) in [5.41, 5.74) is 1.78. The van der Waals surface area contributed by atoms with Gasteiger partial charge >= 0.3 is 42.0 Å². The van der Waals surface area contributed by atoms with E-state index >= 15 is 32.3 Å². The fraction of sp³-hybridized carbons (Fsp3) is 0.178. The zero-order valence-corrected chi connectivity index (χ0v) is 66.0. The fourth-order valence-electron chi connectivity index (χ4n) is 13.8. The summed E-state index contributed by atoms with van der Waals surface area (Å²) < 4.78 is 107. The van der Waals surface area contributed by atoms with Gasteiger partial charge in [0.25, 0.3) is 23.6 Å². The molecule has 0 saturated heterocycles. The molecule has 2 aliphatic rings. The second-order valence-corrected chi connectivity index (χ2v) is 29.1. The molecule has 22 nitrogen and oxygen atoms in total. The Morgan fingerprint density at radius 1 is 0.345 bits per heavy atom. The Bertz CT molecular complexity index is 5660. The van der Waals surface area contributed by atoms with E-state index in [1.165, 1.54) is 48.5 Å². The average molecular weight is 1700 g/mol. The van der Waals surface area contributed by atoms with Gasteiger partial charge in [-0.05, 0) is 113 Å². The van der Waals surface area contributed by atoms with Crippen molar-refractivity contribution in [1.29, 1.82) is 0 Å².